The van der Waals surface area contributed by atoms with E-state index in [4.69, 9.17) is 4.74 Å². The van der Waals surface area contributed by atoms with Gasteiger partial charge in [-0.25, -0.2) is 0 Å². The van der Waals surface area contributed by atoms with E-state index in [0.717, 1.165) is 31.8 Å². The zero-order valence-corrected chi connectivity index (χ0v) is 19.6. The first kappa shape index (κ1) is 22.1. The topological polar surface area (TPSA) is 49.7 Å². The predicted octanol–water partition coefficient (Wildman–Crippen LogP) is 5.29. The average Bonchev–Trinajstić information content (AvgIpc) is 3.03. The van der Waals surface area contributed by atoms with Crippen LogP contribution in [0.15, 0.2) is 0 Å². The fourth-order valence-corrected chi connectivity index (χ4v) is 9.12. The van der Waals surface area contributed by atoms with E-state index in [2.05, 4.69) is 27.7 Å². The maximum Gasteiger partial charge on any atom is 0.0602 e. The lowest BCUT2D eigenvalue weighted by Gasteiger charge is -2.63. The zero-order valence-electron chi connectivity index (χ0n) is 19.6. The molecule has 3 nitrogen and oxygen atoms in total. The Morgan fingerprint density at radius 3 is 2.52 bits per heavy atom. The maximum atomic E-state index is 11.6. The molecule has 0 amide bonds. The first-order valence-electron chi connectivity index (χ1n) is 12.6. The molecule has 0 saturated heterocycles. The van der Waals surface area contributed by atoms with Crippen molar-refractivity contribution in [2.24, 2.45) is 52.3 Å². The molecule has 168 valence electrons. The molecule has 0 spiro atoms. The fraction of sp³-hybridized carbons (Fsp3) is 1.00. The van der Waals surface area contributed by atoms with Gasteiger partial charge in [0, 0.05) is 13.7 Å². The highest BCUT2D eigenvalue weighted by atomic mass is 16.5. The molecule has 11 atom stereocenters. The first-order chi connectivity index (χ1) is 13.7. The van der Waals surface area contributed by atoms with Crippen LogP contribution in [0.4, 0.5) is 0 Å². The van der Waals surface area contributed by atoms with Gasteiger partial charge in [-0.05, 0) is 104 Å². The molecule has 0 radical (unpaired) electrons. The Labute approximate surface area is 179 Å². The second-order valence-electron chi connectivity index (χ2n) is 12.1. The molecule has 0 heterocycles. The van der Waals surface area contributed by atoms with Gasteiger partial charge in [0.05, 0.1) is 12.2 Å². The summed E-state index contributed by atoms with van der Waals surface area (Å²) in [5.74, 6) is 4.01. The Balaban J connectivity index is 1.58. The van der Waals surface area contributed by atoms with E-state index >= 15 is 0 Å². The van der Waals surface area contributed by atoms with E-state index in [1.54, 1.807) is 7.11 Å². The molecule has 4 aliphatic carbocycles. The van der Waals surface area contributed by atoms with Crippen LogP contribution in [0.1, 0.15) is 85.5 Å². The van der Waals surface area contributed by atoms with Crippen LogP contribution in [0.5, 0.6) is 0 Å². The van der Waals surface area contributed by atoms with Gasteiger partial charge in [0.25, 0.3) is 0 Å². The summed E-state index contributed by atoms with van der Waals surface area (Å²) in [5, 5.41) is 23.0. The van der Waals surface area contributed by atoms with Crippen LogP contribution >= 0.6 is 0 Å². The van der Waals surface area contributed by atoms with Crippen molar-refractivity contribution in [3.63, 3.8) is 0 Å². The van der Waals surface area contributed by atoms with Crippen molar-refractivity contribution in [2.75, 3.05) is 13.7 Å². The number of aliphatic hydroxyl groups excluding tert-OH is 2. The van der Waals surface area contributed by atoms with Gasteiger partial charge in [-0.2, -0.15) is 0 Å². The van der Waals surface area contributed by atoms with Gasteiger partial charge in [0.15, 0.2) is 0 Å². The standard InChI is InChI=1S/C26H46O3/c1-16-10-11-25(3)18(13-16)14-22(27)24-20-9-8-19(17(2)7-6-12-29-5)26(20,4)23(28)15-21(24)25/h16-24,27-28H,6-15H2,1-5H3/t16-,17?,18+,19?,20?,21?,22?,23+,24?,25+,26-/m1/s1. The lowest BCUT2D eigenvalue weighted by atomic mass is 9.42. The third-order valence-corrected chi connectivity index (χ3v) is 10.8. The lowest BCUT2D eigenvalue weighted by molar-refractivity contribution is -0.203. The normalized spacial score (nSPS) is 53.1. The Bertz CT molecular complexity index is 578. The van der Waals surface area contributed by atoms with Crippen LogP contribution in [0.25, 0.3) is 0 Å². The number of hydrogen-bond acceptors (Lipinski definition) is 3. The predicted molar refractivity (Wildman–Crippen MR) is 117 cm³/mol. The van der Waals surface area contributed by atoms with Crippen LogP contribution in [0.2, 0.25) is 0 Å². The Hall–Kier alpha value is -0.120. The summed E-state index contributed by atoms with van der Waals surface area (Å²) in [6.45, 7) is 10.5. The van der Waals surface area contributed by atoms with E-state index in [9.17, 15) is 10.2 Å². The SMILES string of the molecule is COCCCC(C)C1CCC2C3C(O)C[C@@H]4C[C@H](C)CC[C@]4(C)C3C[C@H](O)[C@]12C. The molecule has 0 aliphatic heterocycles. The molecule has 4 fully saturated rings. The van der Waals surface area contributed by atoms with Crippen molar-refractivity contribution in [2.45, 2.75) is 97.7 Å². The van der Waals surface area contributed by atoms with Gasteiger partial charge in [-0.3, -0.25) is 0 Å². The Morgan fingerprint density at radius 2 is 1.79 bits per heavy atom. The molecule has 0 aromatic heterocycles. The minimum atomic E-state index is -0.215. The fourth-order valence-electron chi connectivity index (χ4n) is 9.12. The summed E-state index contributed by atoms with van der Waals surface area (Å²) in [4.78, 5) is 0. The van der Waals surface area contributed by atoms with Crippen molar-refractivity contribution in [1.29, 1.82) is 0 Å². The number of ether oxygens (including phenoxy) is 1. The van der Waals surface area contributed by atoms with E-state index in [1.807, 2.05) is 0 Å². The van der Waals surface area contributed by atoms with Crippen LogP contribution in [0, 0.1) is 52.3 Å². The van der Waals surface area contributed by atoms with Gasteiger partial charge >= 0.3 is 0 Å². The third-order valence-electron chi connectivity index (χ3n) is 10.8. The number of hydrogen-bond donors (Lipinski definition) is 2. The number of methoxy groups -OCH3 is 1. The molecule has 4 rings (SSSR count). The highest BCUT2D eigenvalue weighted by Gasteiger charge is 2.65. The van der Waals surface area contributed by atoms with Crippen molar-refractivity contribution < 1.29 is 14.9 Å². The summed E-state index contributed by atoms with van der Waals surface area (Å²) in [6, 6.07) is 0. The summed E-state index contributed by atoms with van der Waals surface area (Å²) >= 11 is 0. The van der Waals surface area contributed by atoms with Crippen molar-refractivity contribution in [1.82, 2.24) is 0 Å². The van der Waals surface area contributed by atoms with E-state index < -0.39 is 0 Å². The van der Waals surface area contributed by atoms with Gasteiger partial charge in [-0.1, -0.05) is 34.1 Å². The lowest BCUT2D eigenvalue weighted by Crippen LogP contribution is -2.62. The molecular weight excluding hydrogens is 360 g/mol. The second-order valence-corrected chi connectivity index (χ2v) is 12.1. The zero-order chi connectivity index (χ0) is 21.0. The molecule has 0 aromatic rings. The van der Waals surface area contributed by atoms with Gasteiger partial charge in [-0.15, -0.1) is 0 Å². The molecule has 6 unspecified atom stereocenters. The van der Waals surface area contributed by atoms with Crippen LogP contribution in [0.3, 0.4) is 0 Å². The second kappa shape index (κ2) is 8.10. The quantitative estimate of drug-likeness (QED) is 0.610. The maximum absolute atomic E-state index is 11.6. The average molecular weight is 407 g/mol. The van der Waals surface area contributed by atoms with E-state index in [1.165, 1.54) is 38.5 Å². The number of rotatable bonds is 5. The largest absolute Gasteiger partial charge is 0.393 e. The Kier molecular flexibility index (Phi) is 6.17. The van der Waals surface area contributed by atoms with Crippen LogP contribution in [-0.2, 0) is 4.74 Å². The van der Waals surface area contributed by atoms with E-state index in [0.29, 0.717) is 40.9 Å². The minimum Gasteiger partial charge on any atom is -0.393 e. The molecule has 4 saturated carbocycles. The molecule has 0 aromatic carbocycles. The number of aliphatic hydroxyl groups is 2. The first-order valence-corrected chi connectivity index (χ1v) is 12.6. The monoisotopic (exact) mass is 406 g/mol. The summed E-state index contributed by atoms with van der Waals surface area (Å²) in [5.41, 5.74) is 0.292. The van der Waals surface area contributed by atoms with Gasteiger partial charge in [0.1, 0.15) is 0 Å². The van der Waals surface area contributed by atoms with Crippen molar-refractivity contribution in [3.8, 4) is 0 Å². The summed E-state index contributed by atoms with van der Waals surface area (Å²) in [6.07, 6.45) is 10.1. The number of fused-ring (bicyclic) bond motifs is 5. The van der Waals surface area contributed by atoms with Gasteiger partial charge in [0.2, 0.25) is 0 Å². The highest BCUT2D eigenvalue weighted by Crippen LogP contribution is 2.68. The summed E-state index contributed by atoms with van der Waals surface area (Å²) in [7, 11) is 1.78. The smallest absolute Gasteiger partial charge is 0.0602 e. The molecule has 29 heavy (non-hydrogen) atoms. The molecule has 3 heteroatoms. The third kappa shape index (κ3) is 3.42. The van der Waals surface area contributed by atoms with Crippen LogP contribution < -0.4 is 0 Å². The Morgan fingerprint density at radius 1 is 1.03 bits per heavy atom. The van der Waals surface area contributed by atoms with Crippen molar-refractivity contribution in [3.05, 3.63) is 0 Å². The van der Waals surface area contributed by atoms with Crippen molar-refractivity contribution >= 4 is 0 Å². The molecule has 0 bridgehead atoms. The van der Waals surface area contributed by atoms with Gasteiger partial charge < -0.3 is 14.9 Å². The highest BCUT2D eigenvalue weighted by molar-refractivity contribution is 5.14. The molecule has 4 aliphatic rings. The molecule has 2 N–H and O–H groups in total. The van der Waals surface area contributed by atoms with E-state index in [-0.39, 0.29) is 17.6 Å². The molecular formula is C26H46O3. The van der Waals surface area contributed by atoms with Crippen LogP contribution in [-0.4, -0.2) is 36.1 Å². The summed E-state index contributed by atoms with van der Waals surface area (Å²) < 4.78 is 5.28. The minimum absolute atomic E-state index is 0.0280.